The Morgan fingerprint density at radius 1 is 1.43 bits per heavy atom. The van der Waals surface area contributed by atoms with Gasteiger partial charge in [0.15, 0.2) is 5.78 Å². The molecule has 0 saturated carbocycles. The van der Waals surface area contributed by atoms with Crippen molar-refractivity contribution in [2.75, 3.05) is 13.1 Å². The average molecular weight is 193 g/mol. The molecule has 0 N–H and O–H groups in total. The predicted octanol–water partition coefficient (Wildman–Crippen LogP) is 2.21. The third-order valence-corrected chi connectivity index (χ3v) is 3.53. The highest BCUT2D eigenvalue weighted by atomic mass is 16.1. The fourth-order valence-corrected chi connectivity index (χ4v) is 2.42. The minimum absolute atomic E-state index is 0.313. The molecular formula is C12H19NO. The molecule has 14 heavy (non-hydrogen) atoms. The lowest BCUT2D eigenvalue weighted by Crippen LogP contribution is -2.20. The fourth-order valence-electron chi connectivity index (χ4n) is 2.42. The van der Waals surface area contributed by atoms with E-state index in [0.717, 1.165) is 37.8 Å². The van der Waals surface area contributed by atoms with Crippen molar-refractivity contribution < 1.29 is 4.79 Å². The van der Waals surface area contributed by atoms with Crippen LogP contribution in [0.4, 0.5) is 0 Å². The molecule has 1 saturated heterocycles. The Balaban J connectivity index is 1.96. The summed E-state index contributed by atoms with van der Waals surface area (Å²) in [5.74, 6) is 1.91. The molecule has 0 aromatic carbocycles. The summed E-state index contributed by atoms with van der Waals surface area (Å²) in [7, 11) is 0. The summed E-state index contributed by atoms with van der Waals surface area (Å²) in [5, 5.41) is 0. The molecule has 2 heteroatoms. The molecular weight excluding hydrogens is 174 g/mol. The van der Waals surface area contributed by atoms with E-state index >= 15 is 0 Å². The van der Waals surface area contributed by atoms with Crippen LogP contribution in [-0.4, -0.2) is 23.8 Å². The van der Waals surface area contributed by atoms with Gasteiger partial charge < -0.3 is 4.90 Å². The highest BCUT2D eigenvalue weighted by Crippen LogP contribution is 2.29. The Morgan fingerprint density at radius 3 is 2.71 bits per heavy atom. The van der Waals surface area contributed by atoms with Crippen molar-refractivity contribution in [3.8, 4) is 0 Å². The van der Waals surface area contributed by atoms with Crippen LogP contribution in [0, 0.1) is 11.8 Å². The second-order valence-corrected chi connectivity index (χ2v) is 4.84. The van der Waals surface area contributed by atoms with Crippen LogP contribution in [0.5, 0.6) is 0 Å². The lowest BCUT2D eigenvalue weighted by molar-refractivity contribution is -0.114. The largest absolute Gasteiger partial charge is 0.374 e. The quantitative estimate of drug-likeness (QED) is 0.670. The van der Waals surface area contributed by atoms with E-state index in [0.29, 0.717) is 5.78 Å². The number of carbonyl (C=O) groups excluding carboxylic acids is 1. The van der Waals surface area contributed by atoms with Crippen molar-refractivity contribution in [2.24, 2.45) is 11.8 Å². The first-order chi connectivity index (χ1) is 6.66. The van der Waals surface area contributed by atoms with Crippen molar-refractivity contribution in [1.29, 1.82) is 0 Å². The standard InChI is InChI=1S/C12H19NO/c1-9(2)10-5-6-13(8-10)11-3-4-12(14)7-11/h7,9-10H,3-6,8H2,1-2H3. The van der Waals surface area contributed by atoms with Crippen molar-refractivity contribution in [2.45, 2.75) is 33.1 Å². The van der Waals surface area contributed by atoms with Gasteiger partial charge in [0.2, 0.25) is 0 Å². The van der Waals surface area contributed by atoms with E-state index in [-0.39, 0.29) is 0 Å². The molecule has 2 rings (SSSR count). The Labute approximate surface area is 86.0 Å². The average Bonchev–Trinajstić information content (AvgIpc) is 2.70. The Kier molecular flexibility index (Phi) is 2.62. The van der Waals surface area contributed by atoms with E-state index in [1.807, 2.05) is 6.08 Å². The van der Waals surface area contributed by atoms with E-state index in [9.17, 15) is 4.79 Å². The zero-order valence-electron chi connectivity index (χ0n) is 9.12. The minimum atomic E-state index is 0.313. The van der Waals surface area contributed by atoms with Gasteiger partial charge in [0.05, 0.1) is 0 Å². The first kappa shape index (κ1) is 9.75. The Bertz CT molecular complexity index is 267. The van der Waals surface area contributed by atoms with Gasteiger partial charge in [-0.05, 0) is 24.7 Å². The zero-order chi connectivity index (χ0) is 10.1. The van der Waals surface area contributed by atoms with Crippen LogP contribution in [0.1, 0.15) is 33.1 Å². The molecule has 0 amide bonds. The van der Waals surface area contributed by atoms with Crippen LogP contribution in [-0.2, 0) is 4.79 Å². The smallest absolute Gasteiger partial charge is 0.157 e. The summed E-state index contributed by atoms with van der Waals surface area (Å²) < 4.78 is 0. The summed E-state index contributed by atoms with van der Waals surface area (Å²) in [6, 6.07) is 0. The van der Waals surface area contributed by atoms with Crippen LogP contribution < -0.4 is 0 Å². The monoisotopic (exact) mass is 193 g/mol. The van der Waals surface area contributed by atoms with Crippen LogP contribution in [0.2, 0.25) is 0 Å². The molecule has 0 radical (unpaired) electrons. The van der Waals surface area contributed by atoms with Gasteiger partial charge in [0.1, 0.15) is 0 Å². The molecule has 1 atom stereocenters. The van der Waals surface area contributed by atoms with Gasteiger partial charge in [-0.1, -0.05) is 13.8 Å². The summed E-state index contributed by atoms with van der Waals surface area (Å²) in [6.07, 6.45) is 4.85. The fraction of sp³-hybridized carbons (Fsp3) is 0.750. The van der Waals surface area contributed by atoms with Gasteiger partial charge >= 0.3 is 0 Å². The summed E-state index contributed by atoms with van der Waals surface area (Å²) in [6.45, 7) is 6.91. The molecule has 78 valence electrons. The van der Waals surface area contributed by atoms with E-state index in [1.165, 1.54) is 12.1 Å². The molecule has 0 spiro atoms. The first-order valence-corrected chi connectivity index (χ1v) is 5.65. The number of rotatable bonds is 2. The maximum Gasteiger partial charge on any atom is 0.157 e. The highest BCUT2D eigenvalue weighted by molar-refractivity contribution is 5.92. The lowest BCUT2D eigenvalue weighted by Gasteiger charge is -2.20. The van der Waals surface area contributed by atoms with Crippen LogP contribution in [0.3, 0.4) is 0 Å². The summed E-state index contributed by atoms with van der Waals surface area (Å²) in [4.78, 5) is 13.5. The normalized spacial score (nSPS) is 27.6. The van der Waals surface area contributed by atoms with Gasteiger partial charge in [-0.2, -0.15) is 0 Å². The van der Waals surface area contributed by atoms with E-state index in [1.54, 1.807) is 0 Å². The van der Waals surface area contributed by atoms with Gasteiger partial charge in [-0.3, -0.25) is 4.79 Å². The van der Waals surface area contributed by atoms with E-state index < -0.39 is 0 Å². The third kappa shape index (κ3) is 1.84. The van der Waals surface area contributed by atoms with Crippen LogP contribution in [0.15, 0.2) is 11.8 Å². The van der Waals surface area contributed by atoms with Crippen LogP contribution in [0.25, 0.3) is 0 Å². The number of nitrogens with zero attached hydrogens (tertiary/aromatic N) is 1. The molecule has 1 unspecified atom stereocenters. The van der Waals surface area contributed by atoms with Crippen LogP contribution >= 0.6 is 0 Å². The number of carbonyl (C=O) groups is 1. The number of allylic oxidation sites excluding steroid dienone is 2. The molecule has 2 nitrogen and oxygen atoms in total. The molecule has 0 aromatic heterocycles. The lowest BCUT2D eigenvalue weighted by atomic mass is 9.95. The van der Waals surface area contributed by atoms with Gasteiger partial charge in [0, 0.05) is 31.3 Å². The molecule has 0 bridgehead atoms. The topological polar surface area (TPSA) is 20.3 Å². The van der Waals surface area contributed by atoms with Gasteiger partial charge in [-0.15, -0.1) is 0 Å². The molecule has 1 aliphatic carbocycles. The zero-order valence-corrected chi connectivity index (χ0v) is 9.12. The van der Waals surface area contributed by atoms with Gasteiger partial charge in [0.25, 0.3) is 0 Å². The number of likely N-dealkylation sites (tertiary alicyclic amines) is 1. The molecule has 2 aliphatic rings. The van der Waals surface area contributed by atoms with Gasteiger partial charge in [-0.25, -0.2) is 0 Å². The molecule has 1 fully saturated rings. The highest BCUT2D eigenvalue weighted by Gasteiger charge is 2.27. The Hall–Kier alpha value is -0.790. The second-order valence-electron chi connectivity index (χ2n) is 4.84. The van der Waals surface area contributed by atoms with Crippen molar-refractivity contribution in [3.05, 3.63) is 11.8 Å². The molecule has 1 aliphatic heterocycles. The maximum absolute atomic E-state index is 11.1. The second kappa shape index (κ2) is 3.76. The number of hydrogen-bond acceptors (Lipinski definition) is 2. The molecule has 1 heterocycles. The van der Waals surface area contributed by atoms with E-state index in [2.05, 4.69) is 18.7 Å². The SMILES string of the molecule is CC(C)C1CCN(C2=CC(=O)CC2)C1. The predicted molar refractivity (Wildman–Crippen MR) is 56.8 cm³/mol. The number of hydrogen-bond donors (Lipinski definition) is 0. The third-order valence-electron chi connectivity index (χ3n) is 3.53. The van der Waals surface area contributed by atoms with Crippen molar-refractivity contribution in [1.82, 2.24) is 4.90 Å². The summed E-state index contributed by atoms with van der Waals surface area (Å²) in [5.41, 5.74) is 1.29. The van der Waals surface area contributed by atoms with Crippen molar-refractivity contribution in [3.63, 3.8) is 0 Å². The van der Waals surface area contributed by atoms with E-state index in [4.69, 9.17) is 0 Å². The Morgan fingerprint density at radius 2 is 2.21 bits per heavy atom. The minimum Gasteiger partial charge on any atom is -0.374 e. The van der Waals surface area contributed by atoms with Crippen molar-refractivity contribution >= 4 is 5.78 Å². The maximum atomic E-state index is 11.1. The number of ketones is 1. The first-order valence-electron chi connectivity index (χ1n) is 5.65. The molecule has 0 aromatic rings. The summed E-state index contributed by atoms with van der Waals surface area (Å²) >= 11 is 0.